The second-order valence-electron chi connectivity index (χ2n) is 4.79. The predicted octanol–water partition coefficient (Wildman–Crippen LogP) is 3.25. The molecule has 0 radical (unpaired) electrons. The fourth-order valence-corrected chi connectivity index (χ4v) is 2.31. The number of carbonyl (C=O) groups is 1. The molecule has 2 rings (SSSR count). The minimum atomic E-state index is -0.228. The third-order valence-electron chi connectivity index (χ3n) is 3.51. The van der Waals surface area contributed by atoms with Crippen LogP contribution in [-0.4, -0.2) is 28.5 Å². The SMILES string of the molecule is CCN(CC)C(=O)/C(C#N)=C\c1cccn1-c1ccccc1. The molecule has 4 nitrogen and oxygen atoms in total. The second-order valence-corrected chi connectivity index (χ2v) is 4.79. The molecule has 4 heteroatoms. The molecule has 0 saturated heterocycles. The van der Waals surface area contributed by atoms with Crippen LogP contribution in [0.4, 0.5) is 0 Å². The second kappa shape index (κ2) is 7.28. The molecular weight excluding hydrogens is 274 g/mol. The van der Waals surface area contributed by atoms with E-state index in [1.807, 2.05) is 73.1 Å². The summed E-state index contributed by atoms with van der Waals surface area (Å²) in [5.41, 5.74) is 1.95. The number of hydrogen-bond donors (Lipinski definition) is 0. The van der Waals surface area contributed by atoms with E-state index >= 15 is 0 Å². The van der Waals surface area contributed by atoms with Crippen LogP contribution in [-0.2, 0) is 4.79 Å². The zero-order valence-corrected chi connectivity index (χ0v) is 12.9. The van der Waals surface area contributed by atoms with E-state index in [1.165, 1.54) is 0 Å². The van der Waals surface area contributed by atoms with Crippen LogP contribution in [0.1, 0.15) is 19.5 Å². The molecule has 0 aliphatic carbocycles. The molecule has 2 aromatic rings. The zero-order chi connectivity index (χ0) is 15.9. The van der Waals surface area contributed by atoms with Crippen LogP contribution in [0.5, 0.6) is 0 Å². The van der Waals surface area contributed by atoms with E-state index in [-0.39, 0.29) is 11.5 Å². The van der Waals surface area contributed by atoms with E-state index in [0.717, 1.165) is 11.4 Å². The van der Waals surface area contributed by atoms with Crippen molar-refractivity contribution in [3.05, 3.63) is 59.9 Å². The molecule has 1 aromatic carbocycles. The predicted molar refractivity (Wildman–Crippen MR) is 87.3 cm³/mol. The van der Waals surface area contributed by atoms with Crippen LogP contribution in [0.15, 0.2) is 54.2 Å². The van der Waals surface area contributed by atoms with Gasteiger partial charge in [0.2, 0.25) is 0 Å². The number of para-hydroxylation sites is 1. The molecule has 0 saturated carbocycles. The summed E-state index contributed by atoms with van der Waals surface area (Å²) in [7, 11) is 0. The summed E-state index contributed by atoms with van der Waals surface area (Å²) in [4.78, 5) is 14.0. The highest BCUT2D eigenvalue weighted by Crippen LogP contribution is 2.16. The van der Waals surface area contributed by atoms with Gasteiger partial charge >= 0.3 is 0 Å². The standard InChI is InChI=1S/C18H19N3O/c1-3-20(4-2)18(22)15(14-19)13-17-11-8-12-21(17)16-9-6-5-7-10-16/h5-13H,3-4H2,1-2H3/b15-13-. The third kappa shape index (κ3) is 3.26. The van der Waals surface area contributed by atoms with E-state index in [0.29, 0.717) is 13.1 Å². The Morgan fingerprint density at radius 3 is 2.45 bits per heavy atom. The van der Waals surface area contributed by atoms with E-state index < -0.39 is 0 Å². The van der Waals surface area contributed by atoms with E-state index in [9.17, 15) is 10.1 Å². The molecule has 0 bridgehead atoms. The molecule has 1 amide bonds. The monoisotopic (exact) mass is 293 g/mol. The van der Waals surface area contributed by atoms with Crippen molar-refractivity contribution in [2.24, 2.45) is 0 Å². The Morgan fingerprint density at radius 2 is 1.86 bits per heavy atom. The number of nitrogens with zero attached hydrogens (tertiary/aromatic N) is 3. The Kier molecular flexibility index (Phi) is 5.16. The van der Waals surface area contributed by atoms with Gasteiger partial charge in [-0.2, -0.15) is 5.26 Å². The van der Waals surface area contributed by atoms with Crippen molar-refractivity contribution in [2.75, 3.05) is 13.1 Å². The van der Waals surface area contributed by atoms with Crippen molar-refractivity contribution < 1.29 is 4.79 Å². The molecule has 0 fully saturated rings. The molecular formula is C18H19N3O. The summed E-state index contributed by atoms with van der Waals surface area (Å²) in [6.07, 6.45) is 3.56. The van der Waals surface area contributed by atoms with Crippen LogP contribution >= 0.6 is 0 Å². The molecule has 0 N–H and O–H groups in total. The van der Waals surface area contributed by atoms with Crippen LogP contribution in [0.25, 0.3) is 11.8 Å². The summed E-state index contributed by atoms with van der Waals surface area (Å²) < 4.78 is 1.95. The number of amides is 1. The molecule has 0 unspecified atom stereocenters. The summed E-state index contributed by atoms with van der Waals surface area (Å²) in [6.45, 7) is 4.99. The number of rotatable bonds is 5. The number of hydrogen-bond acceptors (Lipinski definition) is 2. The zero-order valence-electron chi connectivity index (χ0n) is 12.9. The van der Waals surface area contributed by atoms with Crippen LogP contribution < -0.4 is 0 Å². The Hall–Kier alpha value is -2.80. The first kappa shape index (κ1) is 15.6. The van der Waals surface area contributed by atoms with Gasteiger partial charge in [-0.3, -0.25) is 4.79 Å². The Balaban J connectivity index is 2.39. The highest BCUT2D eigenvalue weighted by atomic mass is 16.2. The minimum Gasteiger partial charge on any atom is -0.339 e. The van der Waals surface area contributed by atoms with Gasteiger partial charge < -0.3 is 9.47 Å². The van der Waals surface area contributed by atoms with Gasteiger partial charge in [-0.1, -0.05) is 18.2 Å². The van der Waals surface area contributed by atoms with Crippen LogP contribution in [0, 0.1) is 11.3 Å². The number of benzene rings is 1. The molecule has 0 spiro atoms. The number of aromatic nitrogens is 1. The fourth-order valence-electron chi connectivity index (χ4n) is 2.31. The largest absolute Gasteiger partial charge is 0.339 e. The quantitative estimate of drug-likeness (QED) is 0.627. The summed E-state index contributed by atoms with van der Waals surface area (Å²) in [5, 5.41) is 9.32. The molecule has 112 valence electrons. The first-order valence-electron chi connectivity index (χ1n) is 7.35. The fraction of sp³-hybridized carbons (Fsp3) is 0.222. The average Bonchev–Trinajstić information content (AvgIpc) is 3.02. The lowest BCUT2D eigenvalue weighted by Crippen LogP contribution is -2.31. The maximum atomic E-state index is 12.3. The van der Waals surface area contributed by atoms with Gasteiger partial charge in [0, 0.05) is 30.7 Å². The smallest absolute Gasteiger partial charge is 0.264 e. The van der Waals surface area contributed by atoms with Crippen LogP contribution in [0.3, 0.4) is 0 Å². The van der Waals surface area contributed by atoms with Crippen molar-refractivity contribution in [3.8, 4) is 11.8 Å². The lowest BCUT2D eigenvalue weighted by atomic mass is 10.2. The number of carbonyl (C=O) groups excluding carboxylic acids is 1. The van der Waals surface area contributed by atoms with Gasteiger partial charge in [-0.15, -0.1) is 0 Å². The number of likely N-dealkylation sites (N-methyl/N-ethyl adjacent to an activating group) is 1. The first-order valence-corrected chi connectivity index (χ1v) is 7.35. The minimum absolute atomic E-state index is 0.152. The summed E-state index contributed by atoms with van der Waals surface area (Å²) in [6, 6.07) is 15.6. The van der Waals surface area contributed by atoms with Crippen molar-refractivity contribution in [1.82, 2.24) is 9.47 Å². The lowest BCUT2D eigenvalue weighted by Gasteiger charge is -2.17. The Morgan fingerprint density at radius 1 is 1.18 bits per heavy atom. The molecule has 1 heterocycles. The Bertz CT molecular complexity index is 703. The highest BCUT2D eigenvalue weighted by Gasteiger charge is 2.16. The molecule has 0 atom stereocenters. The Labute approximate surface area is 130 Å². The number of nitriles is 1. The normalized spacial score (nSPS) is 11.0. The summed E-state index contributed by atoms with van der Waals surface area (Å²) >= 11 is 0. The van der Waals surface area contributed by atoms with E-state index in [1.54, 1.807) is 11.0 Å². The van der Waals surface area contributed by atoms with E-state index in [2.05, 4.69) is 0 Å². The van der Waals surface area contributed by atoms with Gasteiger partial charge in [0.1, 0.15) is 11.6 Å². The molecule has 22 heavy (non-hydrogen) atoms. The topological polar surface area (TPSA) is 49.0 Å². The summed E-state index contributed by atoms with van der Waals surface area (Å²) in [5.74, 6) is -0.228. The first-order chi connectivity index (χ1) is 10.7. The van der Waals surface area contributed by atoms with Crippen molar-refractivity contribution in [3.63, 3.8) is 0 Å². The van der Waals surface area contributed by atoms with Gasteiger partial charge in [0.15, 0.2) is 0 Å². The van der Waals surface area contributed by atoms with Gasteiger partial charge in [0.25, 0.3) is 5.91 Å². The third-order valence-corrected chi connectivity index (χ3v) is 3.51. The average molecular weight is 293 g/mol. The van der Waals surface area contributed by atoms with Gasteiger partial charge in [-0.05, 0) is 44.2 Å². The van der Waals surface area contributed by atoms with Crippen molar-refractivity contribution >= 4 is 12.0 Å². The van der Waals surface area contributed by atoms with Crippen LogP contribution in [0.2, 0.25) is 0 Å². The van der Waals surface area contributed by atoms with E-state index in [4.69, 9.17) is 0 Å². The highest BCUT2D eigenvalue weighted by molar-refractivity contribution is 6.01. The lowest BCUT2D eigenvalue weighted by molar-refractivity contribution is -0.126. The van der Waals surface area contributed by atoms with Gasteiger partial charge in [0.05, 0.1) is 0 Å². The van der Waals surface area contributed by atoms with Crippen molar-refractivity contribution in [1.29, 1.82) is 5.26 Å². The maximum Gasteiger partial charge on any atom is 0.264 e. The van der Waals surface area contributed by atoms with Gasteiger partial charge in [-0.25, -0.2) is 0 Å². The molecule has 0 aliphatic rings. The maximum absolute atomic E-state index is 12.3. The molecule has 0 aliphatic heterocycles. The van der Waals surface area contributed by atoms with Crippen molar-refractivity contribution in [2.45, 2.75) is 13.8 Å². The molecule has 1 aromatic heterocycles.